The smallest absolute Gasteiger partial charge is 0.249 e. The van der Waals surface area contributed by atoms with Crippen LogP contribution in [0.2, 0.25) is 10.0 Å². The first-order valence-electron chi connectivity index (χ1n) is 7.68. The van der Waals surface area contributed by atoms with E-state index in [1.54, 1.807) is 23.7 Å². The standard InChI is InChI=1S/C17H13Cl2FN2O3S2/c1-22-15-12(18)6-7-13(19)16(15)26-17(22)21-14(23)8-9-27(24,25)11-4-2-10(20)3-5-11/h2-7H,8-9H2,1H3. The predicted molar refractivity (Wildman–Crippen MR) is 104 cm³/mol. The number of carbonyl (C=O) groups is 1. The number of aryl methyl sites for hydroxylation is 1. The molecule has 0 unspecified atom stereocenters. The third kappa shape index (κ3) is 4.24. The number of hydrogen-bond donors (Lipinski definition) is 0. The minimum Gasteiger partial charge on any atom is -0.318 e. The van der Waals surface area contributed by atoms with Gasteiger partial charge in [0, 0.05) is 13.5 Å². The highest BCUT2D eigenvalue weighted by molar-refractivity contribution is 7.91. The Kier molecular flexibility index (Phi) is 5.71. The van der Waals surface area contributed by atoms with Crippen LogP contribution in [-0.4, -0.2) is 24.6 Å². The van der Waals surface area contributed by atoms with Gasteiger partial charge in [-0.15, -0.1) is 0 Å². The normalized spacial score (nSPS) is 12.7. The number of benzene rings is 2. The predicted octanol–water partition coefficient (Wildman–Crippen LogP) is 3.98. The first-order chi connectivity index (χ1) is 12.7. The molecule has 0 radical (unpaired) electrons. The van der Waals surface area contributed by atoms with Gasteiger partial charge in [0.15, 0.2) is 14.6 Å². The Labute approximate surface area is 168 Å². The van der Waals surface area contributed by atoms with Crippen molar-refractivity contribution in [1.82, 2.24) is 4.57 Å². The highest BCUT2D eigenvalue weighted by Gasteiger charge is 2.17. The second-order valence-corrected chi connectivity index (χ2v) is 9.58. The molecule has 0 saturated heterocycles. The second-order valence-electron chi connectivity index (χ2n) is 5.68. The number of fused-ring (bicyclic) bond motifs is 1. The summed E-state index contributed by atoms with van der Waals surface area (Å²) in [6.45, 7) is 0. The summed E-state index contributed by atoms with van der Waals surface area (Å²) in [5.74, 6) is -1.54. The molecule has 27 heavy (non-hydrogen) atoms. The molecule has 0 N–H and O–H groups in total. The molecule has 3 rings (SSSR count). The van der Waals surface area contributed by atoms with Crippen molar-refractivity contribution in [3.05, 3.63) is 57.1 Å². The largest absolute Gasteiger partial charge is 0.318 e. The molecule has 0 atom stereocenters. The Hall–Kier alpha value is -1.74. The molecule has 10 heteroatoms. The summed E-state index contributed by atoms with van der Waals surface area (Å²) in [5, 5.41) is 0.962. The van der Waals surface area contributed by atoms with Gasteiger partial charge in [-0.2, -0.15) is 4.99 Å². The molecule has 0 aliphatic rings. The molecular weight excluding hydrogens is 434 g/mol. The molecule has 5 nitrogen and oxygen atoms in total. The van der Waals surface area contributed by atoms with Crippen LogP contribution in [0, 0.1) is 5.82 Å². The summed E-state index contributed by atoms with van der Waals surface area (Å²) in [6, 6.07) is 7.77. The zero-order chi connectivity index (χ0) is 19.8. The zero-order valence-electron chi connectivity index (χ0n) is 13.9. The SMILES string of the molecule is Cn1c(=NC(=O)CCS(=O)(=O)c2ccc(F)cc2)sc2c(Cl)ccc(Cl)c21. The third-order valence-corrected chi connectivity index (χ3v) is 7.46. The van der Waals surface area contributed by atoms with E-state index >= 15 is 0 Å². The minimum atomic E-state index is -3.71. The van der Waals surface area contributed by atoms with Crippen molar-refractivity contribution < 1.29 is 17.6 Å². The first kappa shape index (κ1) is 20.0. The molecule has 0 spiro atoms. The summed E-state index contributed by atoms with van der Waals surface area (Å²) >= 11 is 13.5. The van der Waals surface area contributed by atoms with Crippen LogP contribution < -0.4 is 4.80 Å². The van der Waals surface area contributed by atoms with Crippen molar-refractivity contribution >= 4 is 60.5 Å². The molecule has 1 aromatic heterocycles. The van der Waals surface area contributed by atoms with Crippen LogP contribution in [0.15, 0.2) is 46.3 Å². The van der Waals surface area contributed by atoms with Crippen molar-refractivity contribution in [2.45, 2.75) is 11.3 Å². The highest BCUT2D eigenvalue weighted by atomic mass is 35.5. The molecular formula is C17H13Cl2FN2O3S2. The van der Waals surface area contributed by atoms with Gasteiger partial charge in [-0.25, -0.2) is 12.8 Å². The van der Waals surface area contributed by atoms with E-state index in [1.165, 1.54) is 23.5 Å². The van der Waals surface area contributed by atoms with Crippen molar-refractivity contribution in [1.29, 1.82) is 0 Å². The molecule has 0 fully saturated rings. The van der Waals surface area contributed by atoms with Crippen LogP contribution in [0.5, 0.6) is 0 Å². The Morgan fingerprint density at radius 2 is 1.78 bits per heavy atom. The summed E-state index contributed by atoms with van der Waals surface area (Å²) in [4.78, 5) is 16.5. The lowest BCUT2D eigenvalue weighted by atomic mass is 10.3. The fourth-order valence-corrected chi connectivity index (χ4v) is 5.34. The van der Waals surface area contributed by atoms with Crippen LogP contribution in [0.4, 0.5) is 4.39 Å². The van der Waals surface area contributed by atoms with Crippen LogP contribution >= 0.6 is 34.5 Å². The van der Waals surface area contributed by atoms with E-state index in [0.29, 0.717) is 25.1 Å². The first-order valence-corrected chi connectivity index (χ1v) is 10.9. The number of nitrogens with zero attached hydrogens (tertiary/aromatic N) is 2. The van der Waals surface area contributed by atoms with Gasteiger partial charge in [0.2, 0.25) is 5.91 Å². The van der Waals surface area contributed by atoms with Crippen molar-refractivity contribution in [3.8, 4) is 0 Å². The number of carbonyl (C=O) groups excluding carboxylic acids is 1. The van der Waals surface area contributed by atoms with E-state index in [-0.39, 0.29) is 11.3 Å². The number of hydrogen-bond acceptors (Lipinski definition) is 4. The average molecular weight is 447 g/mol. The maximum absolute atomic E-state index is 12.9. The topological polar surface area (TPSA) is 68.5 Å². The lowest BCUT2D eigenvalue weighted by Crippen LogP contribution is -2.16. The number of rotatable bonds is 4. The molecule has 1 amide bonds. The lowest BCUT2D eigenvalue weighted by Gasteiger charge is -2.02. The van der Waals surface area contributed by atoms with E-state index < -0.39 is 27.3 Å². The zero-order valence-corrected chi connectivity index (χ0v) is 17.1. The van der Waals surface area contributed by atoms with Gasteiger partial charge in [-0.05, 0) is 36.4 Å². The van der Waals surface area contributed by atoms with Crippen molar-refractivity contribution in [3.63, 3.8) is 0 Å². The average Bonchev–Trinajstić information content (AvgIpc) is 2.95. The molecule has 0 aliphatic heterocycles. The van der Waals surface area contributed by atoms with Crippen LogP contribution in [0.1, 0.15) is 6.42 Å². The van der Waals surface area contributed by atoms with E-state index in [9.17, 15) is 17.6 Å². The van der Waals surface area contributed by atoms with Gasteiger partial charge in [0.1, 0.15) is 5.82 Å². The second kappa shape index (κ2) is 7.71. The number of sulfone groups is 1. The number of aromatic nitrogens is 1. The lowest BCUT2D eigenvalue weighted by molar-refractivity contribution is -0.117. The Morgan fingerprint density at radius 3 is 2.41 bits per heavy atom. The minimum absolute atomic E-state index is 0.0392. The Morgan fingerprint density at radius 1 is 1.15 bits per heavy atom. The molecule has 2 aromatic carbocycles. The fourth-order valence-electron chi connectivity index (χ4n) is 2.43. The Bertz CT molecular complexity index is 1200. The van der Waals surface area contributed by atoms with Crippen molar-refractivity contribution in [2.24, 2.45) is 12.0 Å². The fraction of sp³-hybridized carbons (Fsp3) is 0.176. The van der Waals surface area contributed by atoms with Crippen LogP contribution in [0.3, 0.4) is 0 Å². The van der Waals surface area contributed by atoms with Gasteiger partial charge >= 0.3 is 0 Å². The molecule has 142 valence electrons. The van der Waals surface area contributed by atoms with Gasteiger partial charge < -0.3 is 4.57 Å². The van der Waals surface area contributed by atoms with Crippen molar-refractivity contribution in [2.75, 3.05) is 5.75 Å². The van der Waals surface area contributed by atoms with Gasteiger partial charge in [-0.1, -0.05) is 34.5 Å². The molecule has 3 aromatic rings. The number of halogens is 3. The quantitative estimate of drug-likeness (QED) is 0.569. The number of amides is 1. The van der Waals surface area contributed by atoms with E-state index in [4.69, 9.17) is 23.2 Å². The third-order valence-electron chi connectivity index (χ3n) is 3.83. The molecule has 1 heterocycles. The van der Waals surface area contributed by atoms with Crippen LogP contribution in [-0.2, 0) is 21.7 Å². The van der Waals surface area contributed by atoms with Crippen LogP contribution in [0.25, 0.3) is 10.2 Å². The maximum Gasteiger partial charge on any atom is 0.249 e. The molecule has 0 aliphatic carbocycles. The molecule has 0 bridgehead atoms. The summed E-state index contributed by atoms with van der Waals surface area (Å²) in [7, 11) is -2.01. The van der Waals surface area contributed by atoms with E-state index in [2.05, 4.69) is 4.99 Å². The number of thiazole rings is 1. The van der Waals surface area contributed by atoms with Gasteiger partial charge in [0.25, 0.3) is 0 Å². The summed E-state index contributed by atoms with van der Waals surface area (Å²) in [6.07, 6.45) is -0.296. The highest BCUT2D eigenvalue weighted by Crippen LogP contribution is 2.31. The maximum atomic E-state index is 12.9. The summed E-state index contributed by atoms with van der Waals surface area (Å²) < 4.78 is 39.7. The molecule has 0 saturated carbocycles. The van der Waals surface area contributed by atoms with E-state index in [1.807, 2.05) is 0 Å². The van der Waals surface area contributed by atoms with Gasteiger partial charge in [-0.3, -0.25) is 4.79 Å². The van der Waals surface area contributed by atoms with Gasteiger partial charge in [0.05, 0.1) is 30.9 Å². The Balaban J connectivity index is 1.84. The summed E-state index contributed by atoms with van der Waals surface area (Å²) in [5.41, 5.74) is 0.652. The monoisotopic (exact) mass is 446 g/mol. The van der Waals surface area contributed by atoms with E-state index in [0.717, 1.165) is 12.1 Å².